The summed E-state index contributed by atoms with van der Waals surface area (Å²) in [4.78, 5) is 11.8. The van der Waals surface area contributed by atoms with Gasteiger partial charge in [0.05, 0.1) is 11.3 Å². The number of halogens is 1. The van der Waals surface area contributed by atoms with Crippen LogP contribution in [-0.2, 0) is 0 Å². The maximum Gasteiger partial charge on any atom is 0.253 e. The van der Waals surface area contributed by atoms with E-state index in [0.29, 0.717) is 12.5 Å². The molecule has 3 N–H and O–H groups in total. The van der Waals surface area contributed by atoms with Crippen molar-refractivity contribution in [3.63, 3.8) is 0 Å². The smallest absolute Gasteiger partial charge is 0.253 e. The second kappa shape index (κ2) is 5.17. The standard InChI is InChI=1S/C13H17FN2O/c14-11-7-3-6-10(12(11)15)13(17)16-8-9-4-1-2-5-9/h3,6-7,9H,1-2,4-5,8,15H2,(H,16,17). The molecule has 0 aliphatic heterocycles. The van der Waals surface area contributed by atoms with Gasteiger partial charge < -0.3 is 11.1 Å². The fourth-order valence-corrected chi connectivity index (χ4v) is 2.28. The molecule has 17 heavy (non-hydrogen) atoms. The molecule has 1 aliphatic rings. The monoisotopic (exact) mass is 236 g/mol. The van der Waals surface area contributed by atoms with Gasteiger partial charge in [0.25, 0.3) is 5.91 Å². The van der Waals surface area contributed by atoms with Gasteiger partial charge in [0.15, 0.2) is 0 Å². The highest BCUT2D eigenvalue weighted by Gasteiger charge is 2.17. The summed E-state index contributed by atoms with van der Waals surface area (Å²) in [6, 6.07) is 4.29. The van der Waals surface area contributed by atoms with E-state index in [1.54, 1.807) is 6.07 Å². The van der Waals surface area contributed by atoms with Gasteiger partial charge in [-0.05, 0) is 30.9 Å². The van der Waals surface area contributed by atoms with Crippen LogP contribution in [0.15, 0.2) is 18.2 Å². The van der Waals surface area contributed by atoms with Crippen LogP contribution in [0, 0.1) is 11.7 Å². The minimum Gasteiger partial charge on any atom is -0.396 e. The predicted octanol–water partition coefficient (Wildman–Crippen LogP) is 2.33. The molecule has 1 fully saturated rings. The van der Waals surface area contributed by atoms with Crippen molar-refractivity contribution in [2.45, 2.75) is 25.7 Å². The lowest BCUT2D eigenvalue weighted by atomic mass is 10.1. The third kappa shape index (κ3) is 2.75. The highest BCUT2D eigenvalue weighted by atomic mass is 19.1. The molecule has 0 radical (unpaired) electrons. The number of carbonyl (C=O) groups is 1. The molecule has 1 aromatic carbocycles. The largest absolute Gasteiger partial charge is 0.396 e. The molecule has 92 valence electrons. The Labute approximate surface area is 100 Å². The first-order chi connectivity index (χ1) is 8.18. The summed E-state index contributed by atoms with van der Waals surface area (Å²) in [5.41, 5.74) is 5.68. The molecule has 1 aliphatic carbocycles. The van der Waals surface area contributed by atoms with Gasteiger partial charge in [-0.3, -0.25) is 4.79 Å². The number of hydrogen-bond donors (Lipinski definition) is 2. The number of amides is 1. The number of carbonyl (C=O) groups excluding carboxylic acids is 1. The molecule has 0 bridgehead atoms. The molecular formula is C13H17FN2O. The average Bonchev–Trinajstić information content (AvgIpc) is 2.82. The third-order valence-electron chi connectivity index (χ3n) is 3.32. The third-order valence-corrected chi connectivity index (χ3v) is 3.32. The number of anilines is 1. The topological polar surface area (TPSA) is 55.1 Å². The Morgan fingerprint density at radius 3 is 2.82 bits per heavy atom. The van der Waals surface area contributed by atoms with Crippen LogP contribution in [0.2, 0.25) is 0 Å². The van der Waals surface area contributed by atoms with E-state index in [1.165, 1.54) is 37.8 Å². The summed E-state index contributed by atoms with van der Waals surface area (Å²) >= 11 is 0. The van der Waals surface area contributed by atoms with E-state index < -0.39 is 5.82 Å². The molecular weight excluding hydrogens is 219 g/mol. The first kappa shape index (κ1) is 11.9. The molecule has 1 saturated carbocycles. The number of para-hydroxylation sites is 1. The van der Waals surface area contributed by atoms with Gasteiger partial charge in [-0.1, -0.05) is 18.9 Å². The Hall–Kier alpha value is -1.58. The van der Waals surface area contributed by atoms with E-state index in [9.17, 15) is 9.18 Å². The van der Waals surface area contributed by atoms with E-state index >= 15 is 0 Å². The second-order valence-corrected chi connectivity index (χ2v) is 4.56. The molecule has 0 saturated heterocycles. The molecule has 0 heterocycles. The van der Waals surface area contributed by atoms with Crippen LogP contribution in [-0.4, -0.2) is 12.5 Å². The van der Waals surface area contributed by atoms with E-state index in [1.807, 2.05) is 0 Å². The zero-order chi connectivity index (χ0) is 12.3. The summed E-state index contributed by atoms with van der Waals surface area (Å²) in [5.74, 6) is -0.263. The number of hydrogen-bond acceptors (Lipinski definition) is 2. The zero-order valence-electron chi connectivity index (χ0n) is 9.71. The molecule has 4 heteroatoms. The first-order valence-electron chi connectivity index (χ1n) is 6.00. The van der Waals surface area contributed by atoms with Crippen LogP contribution in [0.25, 0.3) is 0 Å². The van der Waals surface area contributed by atoms with Crippen LogP contribution in [0.1, 0.15) is 36.0 Å². The van der Waals surface area contributed by atoms with E-state index in [2.05, 4.69) is 5.32 Å². The highest BCUT2D eigenvalue weighted by molar-refractivity contribution is 5.99. The Balaban J connectivity index is 1.97. The lowest BCUT2D eigenvalue weighted by Gasteiger charge is -2.11. The maximum absolute atomic E-state index is 13.2. The van der Waals surface area contributed by atoms with Gasteiger partial charge >= 0.3 is 0 Å². The number of nitrogens with one attached hydrogen (secondary N) is 1. The number of nitrogen functional groups attached to an aromatic ring is 1. The molecule has 1 amide bonds. The Morgan fingerprint density at radius 1 is 1.41 bits per heavy atom. The van der Waals surface area contributed by atoms with Crippen molar-refractivity contribution >= 4 is 11.6 Å². The molecule has 0 unspecified atom stereocenters. The predicted molar refractivity (Wildman–Crippen MR) is 65.1 cm³/mol. The summed E-state index contributed by atoms with van der Waals surface area (Å²) in [6.07, 6.45) is 4.81. The van der Waals surface area contributed by atoms with E-state index in [-0.39, 0.29) is 17.2 Å². The van der Waals surface area contributed by atoms with Crippen molar-refractivity contribution in [3.8, 4) is 0 Å². The van der Waals surface area contributed by atoms with E-state index in [0.717, 1.165) is 0 Å². The van der Waals surface area contributed by atoms with Crippen molar-refractivity contribution in [1.29, 1.82) is 0 Å². The molecule has 0 spiro atoms. The highest BCUT2D eigenvalue weighted by Crippen LogP contribution is 2.24. The van der Waals surface area contributed by atoms with Crippen LogP contribution in [0.4, 0.5) is 10.1 Å². The van der Waals surface area contributed by atoms with Crippen molar-refractivity contribution in [1.82, 2.24) is 5.32 Å². The van der Waals surface area contributed by atoms with Crippen molar-refractivity contribution < 1.29 is 9.18 Å². The summed E-state index contributed by atoms with van der Waals surface area (Å²) in [6.45, 7) is 0.661. The minimum absolute atomic E-state index is 0.0728. The first-order valence-corrected chi connectivity index (χ1v) is 6.00. The van der Waals surface area contributed by atoms with Crippen LogP contribution in [0.3, 0.4) is 0 Å². The van der Waals surface area contributed by atoms with Gasteiger partial charge in [-0.2, -0.15) is 0 Å². The van der Waals surface area contributed by atoms with Crippen molar-refractivity contribution in [3.05, 3.63) is 29.6 Å². The number of benzene rings is 1. The zero-order valence-corrected chi connectivity index (χ0v) is 9.71. The quantitative estimate of drug-likeness (QED) is 0.791. The lowest BCUT2D eigenvalue weighted by Crippen LogP contribution is -2.29. The lowest BCUT2D eigenvalue weighted by molar-refractivity contribution is 0.0948. The fourth-order valence-electron chi connectivity index (χ4n) is 2.28. The number of nitrogens with two attached hydrogens (primary N) is 1. The molecule has 0 atom stereocenters. The van der Waals surface area contributed by atoms with Gasteiger partial charge in [0, 0.05) is 6.54 Å². The normalized spacial score (nSPS) is 16.1. The number of rotatable bonds is 3. The van der Waals surface area contributed by atoms with Gasteiger partial charge in [-0.15, -0.1) is 0 Å². The fraction of sp³-hybridized carbons (Fsp3) is 0.462. The molecule has 3 nitrogen and oxygen atoms in total. The Morgan fingerprint density at radius 2 is 2.12 bits per heavy atom. The molecule has 2 rings (SSSR count). The molecule has 0 aromatic heterocycles. The van der Waals surface area contributed by atoms with Gasteiger partial charge in [0.1, 0.15) is 5.82 Å². The Bertz CT molecular complexity index is 414. The van der Waals surface area contributed by atoms with E-state index in [4.69, 9.17) is 5.73 Å². The van der Waals surface area contributed by atoms with Crippen molar-refractivity contribution in [2.75, 3.05) is 12.3 Å². The second-order valence-electron chi connectivity index (χ2n) is 4.56. The maximum atomic E-state index is 13.2. The van der Waals surface area contributed by atoms with Crippen molar-refractivity contribution in [2.24, 2.45) is 5.92 Å². The minimum atomic E-state index is -0.543. The van der Waals surface area contributed by atoms with Crippen LogP contribution < -0.4 is 11.1 Å². The van der Waals surface area contributed by atoms with Gasteiger partial charge in [0.2, 0.25) is 0 Å². The summed E-state index contributed by atoms with van der Waals surface area (Å²) in [7, 11) is 0. The van der Waals surface area contributed by atoms with Crippen LogP contribution >= 0.6 is 0 Å². The SMILES string of the molecule is Nc1c(F)cccc1C(=O)NCC1CCCC1. The van der Waals surface area contributed by atoms with Crippen LogP contribution in [0.5, 0.6) is 0 Å². The average molecular weight is 236 g/mol. The Kier molecular flexibility index (Phi) is 3.61. The van der Waals surface area contributed by atoms with Gasteiger partial charge in [-0.25, -0.2) is 4.39 Å². The summed E-state index contributed by atoms with van der Waals surface area (Å²) in [5, 5.41) is 2.82. The molecule has 1 aromatic rings. The summed E-state index contributed by atoms with van der Waals surface area (Å²) < 4.78 is 13.2.